The molecule has 7 nitrogen and oxygen atoms in total. The van der Waals surface area contributed by atoms with Gasteiger partial charge in [0.15, 0.2) is 5.16 Å². The molecule has 10 heteroatoms. The van der Waals surface area contributed by atoms with E-state index in [1.807, 2.05) is 17.5 Å². The smallest absolute Gasteiger partial charge is 0.271 e. The Balaban J connectivity index is 1.64. The molecule has 0 bridgehead atoms. The van der Waals surface area contributed by atoms with Crippen molar-refractivity contribution in [1.29, 1.82) is 0 Å². The Morgan fingerprint density at radius 1 is 1.44 bits per heavy atom. The molecular formula is C15H14BrN5O2S2. The number of amides is 1. The largest absolute Gasteiger partial charge is 0.342 e. The van der Waals surface area contributed by atoms with Crippen LogP contribution in [0.2, 0.25) is 0 Å². The van der Waals surface area contributed by atoms with Gasteiger partial charge in [-0.1, -0.05) is 29.9 Å². The second kappa shape index (κ2) is 8.54. The van der Waals surface area contributed by atoms with Crippen molar-refractivity contribution < 1.29 is 9.32 Å². The van der Waals surface area contributed by atoms with Crippen molar-refractivity contribution in [2.75, 3.05) is 5.75 Å². The van der Waals surface area contributed by atoms with Crippen LogP contribution in [-0.2, 0) is 6.54 Å². The highest BCUT2D eigenvalue weighted by Crippen LogP contribution is 2.22. The molecule has 0 spiro atoms. The minimum absolute atomic E-state index is 0.130. The van der Waals surface area contributed by atoms with Gasteiger partial charge in [-0.05, 0) is 33.8 Å². The molecule has 3 aromatic rings. The van der Waals surface area contributed by atoms with Crippen LogP contribution in [0.5, 0.6) is 0 Å². The fourth-order valence-corrected chi connectivity index (χ4v) is 3.54. The summed E-state index contributed by atoms with van der Waals surface area (Å²) in [6, 6.07) is 3.82. The summed E-state index contributed by atoms with van der Waals surface area (Å²) in [5.74, 6) is 1.42. The van der Waals surface area contributed by atoms with Gasteiger partial charge in [-0.25, -0.2) is 9.97 Å². The maximum Gasteiger partial charge on any atom is 0.271 e. The molecule has 3 rings (SSSR count). The minimum atomic E-state index is -0.330. The molecular weight excluding hydrogens is 426 g/mol. The Morgan fingerprint density at radius 3 is 3.08 bits per heavy atom. The quantitative estimate of drug-likeness (QED) is 0.441. The van der Waals surface area contributed by atoms with Gasteiger partial charge in [0, 0.05) is 11.9 Å². The Morgan fingerprint density at radius 2 is 2.32 bits per heavy atom. The zero-order valence-corrected chi connectivity index (χ0v) is 16.4. The topological polar surface area (TPSA) is 93.8 Å². The van der Waals surface area contributed by atoms with E-state index in [0.29, 0.717) is 21.3 Å². The molecule has 0 aromatic carbocycles. The van der Waals surface area contributed by atoms with Crippen LogP contribution in [-0.4, -0.2) is 31.8 Å². The number of carbonyl (C=O) groups is 1. The molecule has 1 amide bonds. The number of thiophene rings is 1. The molecule has 0 saturated heterocycles. The van der Waals surface area contributed by atoms with Crippen molar-refractivity contribution in [1.82, 2.24) is 25.4 Å². The van der Waals surface area contributed by atoms with E-state index in [-0.39, 0.29) is 18.1 Å². The molecule has 0 fully saturated rings. The molecule has 0 aliphatic heterocycles. The number of nitrogens with zero attached hydrogens (tertiary/aromatic N) is 4. The Hall–Kier alpha value is -1.78. The zero-order valence-electron chi connectivity index (χ0n) is 13.2. The van der Waals surface area contributed by atoms with Crippen molar-refractivity contribution in [3.63, 3.8) is 0 Å². The Bertz CT molecular complexity index is 853. The number of rotatable bonds is 7. The second-order valence-corrected chi connectivity index (χ2v) is 7.73. The molecule has 0 atom stereocenters. The summed E-state index contributed by atoms with van der Waals surface area (Å²) in [7, 11) is 0. The third-order valence-electron chi connectivity index (χ3n) is 2.98. The van der Waals surface area contributed by atoms with Gasteiger partial charge in [-0.15, -0.1) is 11.3 Å². The molecule has 0 saturated carbocycles. The minimum Gasteiger partial charge on any atom is -0.342 e. The molecule has 3 heterocycles. The Kier molecular flexibility index (Phi) is 6.16. The monoisotopic (exact) mass is 439 g/mol. The summed E-state index contributed by atoms with van der Waals surface area (Å²) in [6.07, 6.45) is 2.59. The highest BCUT2D eigenvalue weighted by atomic mass is 79.9. The summed E-state index contributed by atoms with van der Waals surface area (Å²) in [5, 5.41) is 9.16. The summed E-state index contributed by atoms with van der Waals surface area (Å²) in [6.45, 7) is 2.21. The van der Waals surface area contributed by atoms with Crippen LogP contribution in [0.3, 0.4) is 0 Å². The standard InChI is InChI=1S/C15H14BrN5O2S2/c1-2-5-25-15-18-7-9(16)12(20-15)14(22)17-8-11-19-13(21-23-11)10-4-3-6-24-10/h3-4,6-7H,2,5,8H2,1H3,(H,17,22). The molecule has 0 unspecified atom stereocenters. The summed E-state index contributed by atoms with van der Waals surface area (Å²) in [5.41, 5.74) is 0.284. The highest BCUT2D eigenvalue weighted by molar-refractivity contribution is 9.10. The first kappa shape index (κ1) is 18.0. The van der Waals surface area contributed by atoms with E-state index >= 15 is 0 Å². The van der Waals surface area contributed by atoms with Gasteiger partial charge in [0.1, 0.15) is 5.69 Å². The summed E-state index contributed by atoms with van der Waals surface area (Å²) < 4.78 is 5.70. The first-order chi connectivity index (χ1) is 12.2. The summed E-state index contributed by atoms with van der Waals surface area (Å²) >= 11 is 6.35. The van der Waals surface area contributed by atoms with Gasteiger partial charge in [-0.3, -0.25) is 4.79 Å². The van der Waals surface area contributed by atoms with Crippen LogP contribution in [0, 0.1) is 0 Å². The van der Waals surface area contributed by atoms with Gasteiger partial charge in [0.05, 0.1) is 15.9 Å². The third-order valence-corrected chi connectivity index (χ3v) is 5.50. The van der Waals surface area contributed by atoms with Gasteiger partial charge in [-0.2, -0.15) is 4.98 Å². The van der Waals surface area contributed by atoms with E-state index in [1.165, 1.54) is 23.1 Å². The van der Waals surface area contributed by atoms with E-state index in [4.69, 9.17) is 4.52 Å². The maximum atomic E-state index is 12.4. The van der Waals surface area contributed by atoms with Crippen molar-refractivity contribution >= 4 is 44.9 Å². The zero-order chi connectivity index (χ0) is 17.6. The average Bonchev–Trinajstić information content (AvgIpc) is 3.30. The van der Waals surface area contributed by atoms with E-state index in [0.717, 1.165) is 17.1 Å². The highest BCUT2D eigenvalue weighted by Gasteiger charge is 2.16. The molecule has 3 aromatic heterocycles. The van der Waals surface area contributed by atoms with Gasteiger partial charge in [0.25, 0.3) is 5.91 Å². The van der Waals surface area contributed by atoms with E-state index < -0.39 is 0 Å². The third kappa shape index (κ3) is 4.65. The van der Waals surface area contributed by atoms with Crippen LogP contribution in [0.4, 0.5) is 0 Å². The number of thioether (sulfide) groups is 1. The second-order valence-electron chi connectivity index (χ2n) is 4.87. The van der Waals surface area contributed by atoms with Crippen LogP contribution in [0.1, 0.15) is 29.7 Å². The number of hydrogen-bond acceptors (Lipinski definition) is 8. The number of hydrogen-bond donors (Lipinski definition) is 1. The van der Waals surface area contributed by atoms with Crippen LogP contribution in [0.15, 0.2) is 37.9 Å². The van der Waals surface area contributed by atoms with Crippen molar-refractivity contribution in [3.05, 3.63) is 39.8 Å². The number of carbonyl (C=O) groups excluding carboxylic acids is 1. The number of nitrogens with one attached hydrogen (secondary N) is 1. The van der Waals surface area contributed by atoms with E-state index in [2.05, 4.69) is 48.3 Å². The lowest BCUT2D eigenvalue weighted by Gasteiger charge is -2.05. The maximum absolute atomic E-state index is 12.4. The van der Waals surface area contributed by atoms with Crippen LogP contribution >= 0.6 is 39.0 Å². The number of halogens is 1. The van der Waals surface area contributed by atoms with Gasteiger partial charge >= 0.3 is 0 Å². The lowest BCUT2D eigenvalue weighted by molar-refractivity contribution is 0.0939. The lowest BCUT2D eigenvalue weighted by atomic mass is 10.4. The predicted octanol–water partition coefficient (Wildman–Crippen LogP) is 3.78. The van der Waals surface area contributed by atoms with Crippen LogP contribution < -0.4 is 5.32 Å². The number of aromatic nitrogens is 4. The van der Waals surface area contributed by atoms with Crippen molar-refractivity contribution in [2.45, 2.75) is 25.0 Å². The van der Waals surface area contributed by atoms with E-state index in [1.54, 1.807) is 6.20 Å². The first-order valence-electron chi connectivity index (χ1n) is 7.47. The average molecular weight is 440 g/mol. The van der Waals surface area contributed by atoms with Crippen molar-refractivity contribution in [3.8, 4) is 10.7 Å². The molecule has 0 radical (unpaired) electrons. The van der Waals surface area contributed by atoms with Crippen LogP contribution in [0.25, 0.3) is 10.7 Å². The van der Waals surface area contributed by atoms with Gasteiger partial charge < -0.3 is 9.84 Å². The van der Waals surface area contributed by atoms with E-state index in [9.17, 15) is 4.79 Å². The molecule has 0 aliphatic carbocycles. The van der Waals surface area contributed by atoms with Crippen molar-refractivity contribution in [2.24, 2.45) is 0 Å². The van der Waals surface area contributed by atoms with Gasteiger partial charge in [0.2, 0.25) is 11.7 Å². The fourth-order valence-electron chi connectivity index (χ4n) is 1.85. The molecule has 25 heavy (non-hydrogen) atoms. The lowest BCUT2D eigenvalue weighted by Crippen LogP contribution is -2.24. The fraction of sp³-hybridized carbons (Fsp3) is 0.267. The normalized spacial score (nSPS) is 10.8. The predicted molar refractivity (Wildman–Crippen MR) is 99.5 cm³/mol. The molecule has 130 valence electrons. The Labute approximate surface area is 160 Å². The SMILES string of the molecule is CCCSc1ncc(Br)c(C(=O)NCc2nc(-c3cccs3)no2)n1. The summed E-state index contributed by atoms with van der Waals surface area (Å²) in [4.78, 5) is 26.0. The molecule has 1 N–H and O–H groups in total. The first-order valence-corrected chi connectivity index (χ1v) is 10.1. The molecule has 0 aliphatic rings.